The molecular formula is C19H30N4O3. The van der Waals surface area contributed by atoms with Crippen molar-refractivity contribution in [3.05, 3.63) is 17.5 Å². The molecule has 7 nitrogen and oxygen atoms in total. The van der Waals surface area contributed by atoms with Crippen molar-refractivity contribution in [3.63, 3.8) is 0 Å². The van der Waals surface area contributed by atoms with Gasteiger partial charge in [0.25, 0.3) is 0 Å². The Balaban J connectivity index is 1.64. The van der Waals surface area contributed by atoms with Crippen molar-refractivity contribution < 1.29 is 14.6 Å². The fourth-order valence-corrected chi connectivity index (χ4v) is 3.63. The fourth-order valence-electron chi connectivity index (χ4n) is 3.63. The van der Waals surface area contributed by atoms with Crippen molar-refractivity contribution in [1.82, 2.24) is 15.3 Å². The number of anilines is 1. The molecule has 0 spiro atoms. The number of nitrogens with zero attached hydrogens (tertiary/aromatic N) is 3. The smallest absolute Gasteiger partial charge is 0.246 e. The predicted molar refractivity (Wildman–Crippen MR) is 99.0 cm³/mol. The second-order valence-corrected chi connectivity index (χ2v) is 7.56. The highest BCUT2D eigenvalue weighted by molar-refractivity contribution is 5.77. The summed E-state index contributed by atoms with van der Waals surface area (Å²) in [5.74, 6) is 1.08. The average molecular weight is 362 g/mol. The number of aromatic nitrogens is 2. The van der Waals surface area contributed by atoms with E-state index in [0.717, 1.165) is 62.4 Å². The average Bonchev–Trinajstić information content (AvgIpc) is 2.66. The predicted octanol–water partition coefficient (Wildman–Crippen LogP) is 1.60. The first-order valence-electron chi connectivity index (χ1n) is 9.69. The number of hydrogen-bond donors (Lipinski definition) is 2. The van der Waals surface area contributed by atoms with Gasteiger partial charge in [-0.1, -0.05) is 0 Å². The van der Waals surface area contributed by atoms with Crippen LogP contribution in [0.3, 0.4) is 0 Å². The van der Waals surface area contributed by atoms with Gasteiger partial charge in [-0.05, 0) is 51.9 Å². The molecule has 2 aliphatic rings. The van der Waals surface area contributed by atoms with Gasteiger partial charge in [-0.25, -0.2) is 9.97 Å². The number of rotatable bonds is 6. The fraction of sp³-hybridized carbons (Fsp3) is 0.737. The van der Waals surface area contributed by atoms with Crippen molar-refractivity contribution in [1.29, 1.82) is 0 Å². The number of carbonyl (C=O) groups is 1. The first-order valence-corrected chi connectivity index (χ1v) is 9.69. The summed E-state index contributed by atoms with van der Waals surface area (Å²) in [6, 6.07) is -0.0313. The van der Waals surface area contributed by atoms with E-state index in [1.807, 2.05) is 20.0 Å². The van der Waals surface area contributed by atoms with Gasteiger partial charge in [-0.3, -0.25) is 4.79 Å². The summed E-state index contributed by atoms with van der Waals surface area (Å²) < 4.78 is 5.38. The van der Waals surface area contributed by atoms with Crippen molar-refractivity contribution in [2.24, 2.45) is 5.92 Å². The van der Waals surface area contributed by atoms with Crippen LogP contribution in [0.25, 0.3) is 0 Å². The Morgan fingerprint density at radius 3 is 2.85 bits per heavy atom. The maximum absolute atomic E-state index is 12.1. The van der Waals surface area contributed by atoms with E-state index in [1.54, 1.807) is 0 Å². The van der Waals surface area contributed by atoms with Crippen molar-refractivity contribution in [2.75, 3.05) is 31.2 Å². The number of aliphatic hydroxyl groups is 1. The first-order chi connectivity index (χ1) is 12.6. The molecule has 2 heterocycles. The van der Waals surface area contributed by atoms with Crippen LogP contribution in [-0.2, 0) is 16.0 Å². The van der Waals surface area contributed by atoms with E-state index in [0.29, 0.717) is 5.92 Å². The molecule has 1 saturated heterocycles. The van der Waals surface area contributed by atoms with Crippen LogP contribution in [0.15, 0.2) is 6.20 Å². The Bertz CT molecular complexity index is 615. The van der Waals surface area contributed by atoms with Crippen molar-refractivity contribution in [2.45, 2.75) is 58.1 Å². The molecule has 1 aromatic heterocycles. The van der Waals surface area contributed by atoms with Crippen molar-refractivity contribution in [3.8, 4) is 0 Å². The molecule has 26 heavy (non-hydrogen) atoms. The van der Waals surface area contributed by atoms with E-state index in [2.05, 4.69) is 15.2 Å². The number of aryl methyl sites for hydroxylation is 1. The third kappa shape index (κ3) is 4.71. The molecule has 2 N–H and O–H groups in total. The molecule has 1 amide bonds. The van der Waals surface area contributed by atoms with Gasteiger partial charge in [0.1, 0.15) is 6.61 Å². The summed E-state index contributed by atoms with van der Waals surface area (Å²) in [5.41, 5.74) is 2.07. The molecule has 0 aromatic carbocycles. The summed E-state index contributed by atoms with van der Waals surface area (Å²) in [6.07, 6.45) is 6.71. The molecule has 3 rings (SSSR count). The summed E-state index contributed by atoms with van der Waals surface area (Å²) in [4.78, 5) is 23.7. The number of hydrogen-bond acceptors (Lipinski definition) is 6. The van der Waals surface area contributed by atoms with Crippen LogP contribution in [0.1, 0.15) is 56.8 Å². The molecule has 1 atom stereocenters. The molecule has 0 unspecified atom stereocenters. The van der Waals surface area contributed by atoms with Crippen LogP contribution in [-0.4, -0.2) is 53.4 Å². The Labute approximate surface area is 155 Å². The Kier molecular flexibility index (Phi) is 6.43. The lowest BCUT2D eigenvalue weighted by atomic mass is 9.92. The summed E-state index contributed by atoms with van der Waals surface area (Å²) >= 11 is 0. The molecule has 1 aromatic rings. The van der Waals surface area contributed by atoms with Crippen LogP contribution in [0.2, 0.25) is 0 Å². The molecule has 0 saturated carbocycles. The van der Waals surface area contributed by atoms with Gasteiger partial charge in [-0.15, -0.1) is 0 Å². The zero-order valence-electron chi connectivity index (χ0n) is 15.8. The maximum atomic E-state index is 12.1. The highest BCUT2D eigenvalue weighted by atomic mass is 16.5. The van der Waals surface area contributed by atoms with Crippen LogP contribution < -0.4 is 10.2 Å². The van der Waals surface area contributed by atoms with Gasteiger partial charge >= 0.3 is 0 Å². The van der Waals surface area contributed by atoms with Crippen molar-refractivity contribution >= 4 is 11.9 Å². The van der Waals surface area contributed by atoms with E-state index in [1.165, 1.54) is 0 Å². The summed E-state index contributed by atoms with van der Waals surface area (Å²) in [5, 5.41) is 12.3. The van der Waals surface area contributed by atoms with E-state index in [-0.39, 0.29) is 31.3 Å². The van der Waals surface area contributed by atoms with Gasteiger partial charge in [0.15, 0.2) is 0 Å². The molecular weight excluding hydrogens is 332 g/mol. The second kappa shape index (κ2) is 8.77. The number of piperidine rings is 1. The lowest BCUT2D eigenvalue weighted by Crippen LogP contribution is -2.37. The number of nitrogens with one attached hydrogen (secondary N) is 1. The molecule has 7 heteroatoms. The number of carbonyl (C=O) groups excluding carboxylic acids is 1. The molecule has 0 radical (unpaired) electrons. The van der Waals surface area contributed by atoms with Gasteiger partial charge in [0.2, 0.25) is 11.9 Å². The van der Waals surface area contributed by atoms with Gasteiger partial charge in [0, 0.05) is 31.5 Å². The largest absolute Gasteiger partial charge is 0.396 e. The summed E-state index contributed by atoms with van der Waals surface area (Å²) in [7, 11) is 0. The number of ether oxygens (including phenoxy) is 1. The summed E-state index contributed by atoms with van der Waals surface area (Å²) in [6.45, 7) is 5.96. The number of amides is 1. The Morgan fingerprint density at radius 1 is 1.38 bits per heavy atom. The highest BCUT2D eigenvalue weighted by Gasteiger charge is 2.26. The Hall–Kier alpha value is -1.73. The second-order valence-electron chi connectivity index (χ2n) is 7.56. The topological polar surface area (TPSA) is 87.6 Å². The van der Waals surface area contributed by atoms with Gasteiger partial charge in [-0.2, -0.15) is 0 Å². The van der Waals surface area contributed by atoms with Crippen LogP contribution >= 0.6 is 0 Å². The zero-order chi connectivity index (χ0) is 18.5. The number of fused-ring (bicyclic) bond motifs is 1. The third-order valence-corrected chi connectivity index (χ3v) is 5.21. The lowest BCUT2D eigenvalue weighted by Gasteiger charge is -2.32. The van der Waals surface area contributed by atoms with E-state index >= 15 is 0 Å². The Morgan fingerprint density at radius 2 is 2.15 bits per heavy atom. The van der Waals surface area contributed by atoms with Gasteiger partial charge < -0.3 is 20.1 Å². The third-order valence-electron chi connectivity index (χ3n) is 5.21. The monoisotopic (exact) mass is 362 g/mol. The van der Waals surface area contributed by atoms with Crippen LogP contribution in [0, 0.1) is 5.92 Å². The van der Waals surface area contributed by atoms with Crippen LogP contribution in [0.4, 0.5) is 5.95 Å². The lowest BCUT2D eigenvalue weighted by molar-refractivity contribution is -0.128. The molecule has 1 aliphatic carbocycles. The first kappa shape index (κ1) is 19.0. The molecule has 144 valence electrons. The quantitative estimate of drug-likeness (QED) is 0.799. The van der Waals surface area contributed by atoms with E-state index in [9.17, 15) is 9.90 Å². The maximum Gasteiger partial charge on any atom is 0.246 e. The minimum absolute atomic E-state index is 0.0313. The minimum Gasteiger partial charge on any atom is -0.396 e. The zero-order valence-corrected chi connectivity index (χ0v) is 15.8. The molecule has 1 fully saturated rings. The number of aliphatic hydroxyl groups excluding tert-OH is 1. The van der Waals surface area contributed by atoms with Crippen LogP contribution in [0.5, 0.6) is 0 Å². The molecule has 0 bridgehead atoms. The minimum atomic E-state index is -0.0910. The van der Waals surface area contributed by atoms with Gasteiger partial charge in [0.05, 0.1) is 17.8 Å². The van der Waals surface area contributed by atoms with E-state index in [4.69, 9.17) is 9.72 Å². The molecule has 1 aliphatic heterocycles. The SMILES string of the molecule is CC(C)OCC(=O)N[C@H]1CCCc2nc(N3CCC(CO)CC3)ncc21. The highest BCUT2D eigenvalue weighted by Crippen LogP contribution is 2.30. The van der Waals surface area contributed by atoms with E-state index < -0.39 is 0 Å². The standard InChI is InChI=1S/C19H30N4O3/c1-13(2)26-12-18(25)21-16-4-3-5-17-15(16)10-20-19(22-17)23-8-6-14(11-24)7-9-23/h10,13-14,16,24H,3-9,11-12H2,1-2H3,(H,21,25)/t16-/m0/s1. The normalized spacial score (nSPS) is 20.9.